The van der Waals surface area contributed by atoms with E-state index in [1.54, 1.807) is 6.92 Å². The molecule has 4 nitrogen and oxygen atoms in total. The van der Waals surface area contributed by atoms with Gasteiger partial charge in [0.2, 0.25) is 5.76 Å². The Bertz CT molecular complexity index is 263. The fourth-order valence-corrected chi connectivity index (χ4v) is 0.475. The Morgan fingerprint density at radius 2 is 2.00 bits per heavy atom. The quantitative estimate of drug-likeness (QED) is 0.373. The molecule has 0 amide bonds. The van der Waals surface area contributed by atoms with Crippen molar-refractivity contribution in [3.05, 3.63) is 37.3 Å². The van der Waals surface area contributed by atoms with Crippen molar-refractivity contribution in [3.8, 4) is 0 Å². The van der Waals surface area contributed by atoms with Crippen LogP contribution in [0.3, 0.4) is 0 Å². The number of carbonyl (C=O) groups excluding carboxylic acids is 2. The van der Waals surface area contributed by atoms with Crippen molar-refractivity contribution in [1.82, 2.24) is 0 Å². The second-order valence-corrected chi connectivity index (χ2v) is 1.92. The zero-order chi connectivity index (χ0) is 10.3. The number of hydrogen-bond donors (Lipinski definition) is 0. The molecule has 0 rings (SSSR count). The highest BCUT2D eigenvalue weighted by Crippen LogP contribution is 1.98. The summed E-state index contributed by atoms with van der Waals surface area (Å²) >= 11 is 0. The number of allylic oxidation sites excluding steroid dienone is 1. The lowest BCUT2D eigenvalue weighted by atomic mass is 10.5. The summed E-state index contributed by atoms with van der Waals surface area (Å²) in [6, 6.07) is 0. The molecule has 0 N–H and O–H groups in total. The van der Waals surface area contributed by atoms with Crippen molar-refractivity contribution in [2.45, 2.75) is 6.92 Å². The van der Waals surface area contributed by atoms with E-state index in [-0.39, 0.29) is 5.76 Å². The van der Waals surface area contributed by atoms with Crippen molar-refractivity contribution >= 4 is 11.9 Å². The van der Waals surface area contributed by atoms with Gasteiger partial charge < -0.3 is 9.47 Å². The Morgan fingerprint density at radius 3 is 2.46 bits per heavy atom. The summed E-state index contributed by atoms with van der Waals surface area (Å²) in [5.74, 6) is -1.88. The van der Waals surface area contributed by atoms with Crippen LogP contribution < -0.4 is 0 Å². The van der Waals surface area contributed by atoms with Gasteiger partial charge in [-0.15, -0.1) is 0 Å². The SMILES string of the molecule is C=COC(=O)C(=C)OC(=O)/C=C/C. The summed E-state index contributed by atoms with van der Waals surface area (Å²) in [4.78, 5) is 21.5. The van der Waals surface area contributed by atoms with Crippen molar-refractivity contribution in [2.75, 3.05) is 0 Å². The Labute approximate surface area is 76.1 Å². The molecule has 0 heterocycles. The van der Waals surface area contributed by atoms with E-state index >= 15 is 0 Å². The van der Waals surface area contributed by atoms with Crippen LogP contribution in [-0.2, 0) is 19.1 Å². The highest BCUT2D eigenvalue weighted by atomic mass is 16.6. The van der Waals surface area contributed by atoms with Crippen LogP contribution in [0.1, 0.15) is 6.92 Å². The smallest absolute Gasteiger partial charge is 0.378 e. The van der Waals surface area contributed by atoms with Crippen molar-refractivity contribution in [2.24, 2.45) is 0 Å². The first-order valence-electron chi connectivity index (χ1n) is 3.47. The monoisotopic (exact) mass is 182 g/mol. The standard InChI is InChI=1S/C9H10O4/c1-4-6-8(10)13-7(3)9(11)12-5-2/h4-6H,2-3H2,1H3/b6-4+. The lowest BCUT2D eigenvalue weighted by molar-refractivity contribution is -0.145. The van der Waals surface area contributed by atoms with Crippen molar-refractivity contribution in [3.63, 3.8) is 0 Å². The molecule has 0 radical (unpaired) electrons. The Balaban J connectivity index is 4.07. The minimum absolute atomic E-state index is 0.372. The van der Waals surface area contributed by atoms with Crippen LogP contribution in [0.2, 0.25) is 0 Å². The lowest BCUT2D eigenvalue weighted by Crippen LogP contribution is -2.09. The lowest BCUT2D eigenvalue weighted by Gasteiger charge is -2.01. The fraction of sp³-hybridized carbons (Fsp3) is 0.111. The molecule has 0 bridgehead atoms. The molecule has 13 heavy (non-hydrogen) atoms. The first-order chi connectivity index (χ1) is 6.11. The van der Waals surface area contributed by atoms with Crippen LogP contribution in [0, 0.1) is 0 Å². The summed E-state index contributed by atoms with van der Waals surface area (Å²) in [6.07, 6.45) is 3.57. The third-order valence-electron chi connectivity index (χ3n) is 0.945. The van der Waals surface area contributed by atoms with Crippen LogP contribution in [0.15, 0.2) is 37.3 Å². The Kier molecular flexibility index (Phi) is 4.95. The van der Waals surface area contributed by atoms with E-state index in [0.717, 1.165) is 12.3 Å². The fourth-order valence-electron chi connectivity index (χ4n) is 0.475. The van der Waals surface area contributed by atoms with Gasteiger partial charge in [0, 0.05) is 6.08 Å². The van der Waals surface area contributed by atoms with Gasteiger partial charge in [-0.2, -0.15) is 0 Å². The van der Waals surface area contributed by atoms with E-state index in [1.807, 2.05) is 0 Å². The summed E-state index contributed by atoms with van der Waals surface area (Å²) in [6.45, 7) is 8.00. The van der Waals surface area contributed by atoms with E-state index < -0.39 is 11.9 Å². The zero-order valence-corrected chi connectivity index (χ0v) is 7.28. The zero-order valence-electron chi connectivity index (χ0n) is 7.28. The summed E-state index contributed by atoms with van der Waals surface area (Å²) in [5.41, 5.74) is 0. The molecule has 0 spiro atoms. The van der Waals surface area contributed by atoms with Crippen LogP contribution in [0.5, 0.6) is 0 Å². The molecule has 0 unspecified atom stereocenters. The predicted molar refractivity (Wildman–Crippen MR) is 46.3 cm³/mol. The average molecular weight is 182 g/mol. The van der Waals surface area contributed by atoms with Gasteiger partial charge in [-0.3, -0.25) is 0 Å². The number of carbonyl (C=O) groups is 2. The minimum Gasteiger partial charge on any atom is -0.429 e. The first-order valence-corrected chi connectivity index (χ1v) is 3.47. The maximum absolute atomic E-state index is 10.8. The molecule has 0 saturated carbocycles. The molecule has 0 aromatic carbocycles. The van der Waals surface area contributed by atoms with E-state index in [0.29, 0.717) is 0 Å². The summed E-state index contributed by atoms with van der Waals surface area (Å²) < 4.78 is 8.77. The van der Waals surface area contributed by atoms with Crippen LogP contribution in [0.25, 0.3) is 0 Å². The molecule has 0 aliphatic heterocycles. The molecule has 0 fully saturated rings. The highest BCUT2D eigenvalue weighted by Gasteiger charge is 2.11. The number of rotatable bonds is 4. The molecule has 0 atom stereocenters. The van der Waals surface area contributed by atoms with E-state index in [2.05, 4.69) is 22.6 Å². The number of esters is 2. The second-order valence-electron chi connectivity index (χ2n) is 1.92. The summed E-state index contributed by atoms with van der Waals surface area (Å²) in [7, 11) is 0. The minimum atomic E-state index is -0.840. The highest BCUT2D eigenvalue weighted by molar-refractivity contribution is 5.91. The normalized spacial score (nSPS) is 9.31. The predicted octanol–water partition coefficient (Wildman–Crippen LogP) is 1.31. The van der Waals surface area contributed by atoms with Gasteiger partial charge in [-0.1, -0.05) is 12.7 Å². The molecular weight excluding hydrogens is 172 g/mol. The van der Waals surface area contributed by atoms with Gasteiger partial charge in [0.05, 0.1) is 6.26 Å². The average Bonchev–Trinajstić information content (AvgIpc) is 2.05. The Morgan fingerprint density at radius 1 is 1.38 bits per heavy atom. The van der Waals surface area contributed by atoms with Crippen LogP contribution in [0.4, 0.5) is 0 Å². The molecule has 70 valence electrons. The van der Waals surface area contributed by atoms with E-state index in [1.165, 1.54) is 6.08 Å². The molecule has 0 aromatic heterocycles. The third kappa shape index (κ3) is 4.58. The van der Waals surface area contributed by atoms with Crippen LogP contribution >= 0.6 is 0 Å². The molecule has 0 aliphatic rings. The summed E-state index contributed by atoms with van der Waals surface area (Å²) in [5, 5.41) is 0. The topological polar surface area (TPSA) is 52.6 Å². The molecule has 4 heteroatoms. The molecule has 0 aromatic rings. The number of hydrogen-bond acceptors (Lipinski definition) is 4. The first kappa shape index (κ1) is 11.2. The van der Waals surface area contributed by atoms with E-state index in [4.69, 9.17) is 0 Å². The molecule has 0 saturated heterocycles. The van der Waals surface area contributed by atoms with Crippen LogP contribution in [-0.4, -0.2) is 11.9 Å². The van der Waals surface area contributed by atoms with Gasteiger partial charge in [-0.25, -0.2) is 9.59 Å². The van der Waals surface area contributed by atoms with Gasteiger partial charge in [0.25, 0.3) is 0 Å². The maximum Gasteiger partial charge on any atom is 0.378 e. The van der Waals surface area contributed by atoms with Gasteiger partial charge in [0.15, 0.2) is 0 Å². The van der Waals surface area contributed by atoms with Crippen molar-refractivity contribution in [1.29, 1.82) is 0 Å². The van der Waals surface area contributed by atoms with Gasteiger partial charge in [0.1, 0.15) is 0 Å². The maximum atomic E-state index is 10.8. The number of ether oxygens (including phenoxy) is 2. The van der Waals surface area contributed by atoms with Crippen molar-refractivity contribution < 1.29 is 19.1 Å². The van der Waals surface area contributed by atoms with E-state index in [9.17, 15) is 9.59 Å². The Hall–Kier alpha value is -1.84. The van der Waals surface area contributed by atoms with Gasteiger partial charge in [-0.05, 0) is 13.5 Å². The van der Waals surface area contributed by atoms with Gasteiger partial charge >= 0.3 is 11.9 Å². The molecular formula is C9H10O4. The third-order valence-corrected chi connectivity index (χ3v) is 0.945. The second kappa shape index (κ2) is 5.77. The molecule has 0 aliphatic carbocycles. The largest absolute Gasteiger partial charge is 0.429 e.